The highest BCUT2D eigenvalue weighted by atomic mass is 35.5. The monoisotopic (exact) mass is 588 g/mol. The zero-order chi connectivity index (χ0) is 28.8. The topological polar surface area (TPSA) is 73.9 Å². The maximum Gasteiger partial charge on any atom is 0.255 e. The first-order valence-corrected chi connectivity index (χ1v) is 14.0. The molecule has 1 aliphatic heterocycles. The minimum Gasteiger partial charge on any atom is -0.495 e. The Hall–Kier alpha value is -4.20. The van der Waals surface area contributed by atoms with Crippen molar-refractivity contribution in [3.63, 3.8) is 0 Å². The number of piperazine rings is 1. The van der Waals surface area contributed by atoms with Crippen LogP contribution in [0.2, 0.25) is 10.0 Å². The van der Waals surface area contributed by atoms with Gasteiger partial charge in [-0.3, -0.25) is 9.59 Å². The second-order valence-corrected chi connectivity index (χ2v) is 10.4. The molecule has 2 amide bonds. The van der Waals surface area contributed by atoms with Crippen LogP contribution >= 0.6 is 23.2 Å². The second kappa shape index (κ2) is 13.0. The van der Waals surface area contributed by atoms with Crippen molar-refractivity contribution in [2.24, 2.45) is 0 Å². The van der Waals surface area contributed by atoms with E-state index >= 15 is 0 Å². The molecule has 41 heavy (non-hydrogen) atoms. The van der Waals surface area contributed by atoms with E-state index in [9.17, 15) is 9.59 Å². The minimum absolute atomic E-state index is 0.221. The van der Waals surface area contributed by atoms with Gasteiger partial charge in [-0.05, 0) is 54.1 Å². The van der Waals surface area contributed by atoms with Crippen molar-refractivity contribution in [3.8, 4) is 5.75 Å². The molecule has 2 N–H and O–H groups in total. The molecule has 0 aromatic heterocycles. The third-order valence-electron chi connectivity index (χ3n) is 7.02. The largest absolute Gasteiger partial charge is 0.495 e. The van der Waals surface area contributed by atoms with Crippen molar-refractivity contribution in [1.29, 1.82) is 0 Å². The zero-order valence-corrected chi connectivity index (χ0v) is 24.1. The summed E-state index contributed by atoms with van der Waals surface area (Å²) in [6.07, 6.45) is 0. The predicted octanol–water partition coefficient (Wildman–Crippen LogP) is 6.51. The number of ether oxygens (including phenoxy) is 1. The van der Waals surface area contributed by atoms with Gasteiger partial charge in [0.2, 0.25) is 0 Å². The van der Waals surface area contributed by atoms with Crippen molar-refractivity contribution in [1.82, 2.24) is 5.32 Å². The maximum absolute atomic E-state index is 13.5. The molecule has 1 saturated heterocycles. The molecule has 0 bridgehead atoms. The molecule has 0 radical (unpaired) electrons. The Morgan fingerprint density at radius 3 is 2.15 bits per heavy atom. The van der Waals surface area contributed by atoms with E-state index in [-0.39, 0.29) is 11.8 Å². The first kappa shape index (κ1) is 28.3. The summed E-state index contributed by atoms with van der Waals surface area (Å²) in [6.45, 7) is 3.35. The Morgan fingerprint density at radius 1 is 0.756 bits per heavy atom. The molecular weight excluding hydrogens is 559 g/mol. The smallest absolute Gasteiger partial charge is 0.255 e. The van der Waals surface area contributed by atoms with E-state index in [0.717, 1.165) is 35.8 Å². The van der Waals surface area contributed by atoms with Crippen molar-refractivity contribution in [2.45, 2.75) is 6.54 Å². The van der Waals surface area contributed by atoms with Gasteiger partial charge in [-0.2, -0.15) is 0 Å². The summed E-state index contributed by atoms with van der Waals surface area (Å²) in [6, 6.07) is 27.8. The number of nitrogens with zero attached hydrogens (tertiary/aromatic N) is 2. The molecule has 5 rings (SSSR count). The highest BCUT2D eigenvalue weighted by molar-refractivity contribution is 6.42. The third-order valence-corrected chi connectivity index (χ3v) is 7.76. The molecule has 0 saturated carbocycles. The van der Waals surface area contributed by atoms with E-state index in [4.69, 9.17) is 27.9 Å². The van der Waals surface area contributed by atoms with Crippen LogP contribution in [-0.4, -0.2) is 45.1 Å². The Labute approximate surface area is 249 Å². The number of methoxy groups -OCH3 is 1. The fourth-order valence-electron chi connectivity index (χ4n) is 4.86. The number of carbonyl (C=O) groups is 2. The Balaban J connectivity index is 1.37. The molecule has 1 aliphatic rings. The number of hydrogen-bond donors (Lipinski definition) is 2. The van der Waals surface area contributed by atoms with Crippen LogP contribution in [0.3, 0.4) is 0 Å². The quantitative estimate of drug-likeness (QED) is 0.245. The van der Waals surface area contributed by atoms with Crippen LogP contribution in [0.25, 0.3) is 0 Å². The van der Waals surface area contributed by atoms with E-state index < -0.39 is 0 Å². The van der Waals surface area contributed by atoms with Crippen LogP contribution in [0.5, 0.6) is 5.75 Å². The molecule has 0 spiro atoms. The number of carbonyl (C=O) groups excluding carboxylic acids is 2. The van der Waals surface area contributed by atoms with E-state index in [1.54, 1.807) is 25.3 Å². The number of amides is 2. The van der Waals surface area contributed by atoms with Crippen LogP contribution in [0.15, 0.2) is 91.0 Å². The van der Waals surface area contributed by atoms with Gasteiger partial charge in [-0.25, -0.2) is 0 Å². The van der Waals surface area contributed by atoms with Crippen molar-refractivity contribution < 1.29 is 14.3 Å². The average Bonchev–Trinajstić information content (AvgIpc) is 3.01. The molecule has 1 fully saturated rings. The van der Waals surface area contributed by atoms with Gasteiger partial charge in [0.05, 0.1) is 28.4 Å². The number of anilines is 3. The molecule has 7 nitrogen and oxygen atoms in total. The molecule has 4 aromatic carbocycles. The van der Waals surface area contributed by atoms with Crippen LogP contribution in [0, 0.1) is 0 Å². The molecule has 4 aromatic rings. The van der Waals surface area contributed by atoms with E-state index in [1.165, 1.54) is 6.07 Å². The Bertz CT molecular complexity index is 1540. The summed E-state index contributed by atoms with van der Waals surface area (Å²) < 4.78 is 5.56. The molecule has 210 valence electrons. The lowest BCUT2D eigenvalue weighted by molar-refractivity contribution is 0.0950. The maximum atomic E-state index is 13.5. The molecule has 0 unspecified atom stereocenters. The number of para-hydroxylation sites is 2. The molecule has 1 heterocycles. The Morgan fingerprint density at radius 2 is 1.44 bits per heavy atom. The summed E-state index contributed by atoms with van der Waals surface area (Å²) in [5, 5.41) is 6.58. The summed E-state index contributed by atoms with van der Waals surface area (Å²) in [7, 11) is 1.68. The first-order valence-electron chi connectivity index (χ1n) is 13.3. The van der Waals surface area contributed by atoms with E-state index in [1.807, 2.05) is 60.7 Å². The second-order valence-electron chi connectivity index (χ2n) is 9.63. The van der Waals surface area contributed by atoms with Gasteiger partial charge in [0.1, 0.15) is 5.75 Å². The normalized spacial score (nSPS) is 13.0. The Kier molecular flexibility index (Phi) is 8.97. The lowest BCUT2D eigenvalue weighted by Gasteiger charge is -2.38. The van der Waals surface area contributed by atoms with Crippen LogP contribution in [0.4, 0.5) is 17.1 Å². The average molecular weight is 590 g/mol. The zero-order valence-electron chi connectivity index (χ0n) is 22.6. The van der Waals surface area contributed by atoms with Gasteiger partial charge in [0, 0.05) is 49.7 Å². The van der Waals surface area contributed by atoms with Crippen molar-refractivity contribution in [3.05, 3.63) is 118 Å². The summed E-state index contributed by atoms with van der Waals surface area (Å²) in [5.41, 5.74) is 4.21. The minimum atomic E-state index is -0.350. The lowest BCUT2D eigenvalue weighted by atomic mass is 10.1. The molecule has 9 heteroatoms. The van der Waals surface area contributed by atoms with Gasteiger partial charge in [0.15, 0.2) is 0 Å². The van der Waals surface area contributed by atoms with Gasteiger partial charge in [-0.15, -0.1) is 0 Å². The lowest BCUT2D eigenvalue weighted by Crippen LogP contribution is -2.47. The van der Waals surface area contributed by atoms with E-state index in [0.29, 0.717) is 46.5 Å². The number of hydrogen-bond acceptors (Lipinski definition) is 5. The van der Waals surface area contributed by atoms with Crippen molar-refractivity contribution >= 4 is 52.1 Å². The first-order chi connectivity index (χ1) is 19.9. The third kappa shape index (κ3) is 6.76. The molecule has 0 aliphatic carbocycles. The van der Waals surface area contributed by atoms with Crippen LogP contribution < -0.4 is 25.2 Å². The fraction of sp³-hybridized carbons (Fsp3) is 0.188. The summed E-state index contributed by atoms with van der Waals surface area (Å²) >= 11 is 12.1. The summed E-state index contributed by atoms with van der Waals surface area (Å²) in [4.78, 5) is 31.0. The number of rotatable bonds is 8. The molecular formula is C32H30Cl2N4O3. The highest BCUT2D eigenvalue weighted by Crippen LogP contribution is 2.31. The van der Waals surface area contributed by atoms with E-state index in [2.05, 4.69) is 26.5 Å². The van der Waals surface area contributed by atoms with Crippen LogP contribution in [0.1, 0.15) is 26.3 Å². The van der Waals surface area contributed by atoms with Gasteiger partial charge < -0.3 is 25.2 Å². The van der Waals surface area contributed by atoms with Gasteiger partial charge in [0.25, 0.3) is 11.8 Å². The SMILES string of the molecule is COc1ccccc1N1CCN(c2ccc(NC(=O)c3ccc(Cl)c(Cl)c3)cc2C(=O)NCc2ccccc2)CC1. The number of halogens is 2. The van der Waals surface area contributed by atoms with Gasteiger partial charge in [-0.1, -0.05) is 65.7 Å². The van der Waals surface area contributed by atoms with Crippen LogP contribution in [-0.2, 0) is 6.54 Å². The number of benzene rings is 4. The molecule has 0 atom stereocenters. The summed E-state index contributed by atoms with van der Waals surface area (Å²) in [5.74, 6) is 0.267. The van der Waals surface area contributed by atoms with Crippen molar-refractivity contribution in [2.75, 3.05) is 48.4 Å². The fourth-order valence-corrected chi connectivity index (χ4v) is 5.16. The number of nitrogens with one attached hydrogen (secondary N) is 2. The predicted molar refractivity (Wildman–Crippen MR) is 166 cm³/mol. The standard InChI is InChI=1S/C32H30Cl2N4O3/c1-41-30-10-6-5-9-29(30)38-17-15-37(16-18-38)28-14-12-24(36-31(39)23-11-13-26(33)27(34)19-23)20-25(28)32(40)35-21-22-7-3-2-4-8-22/h2-14,19-20H,15-18,21H2,1H3,(H,35,40)(H,36,39). The van der Waals surface area contributed by atoms with Gasteiger partial charge >= 0.3 is 0 Å². The highest BCUT2D eigenvalue weighted by Gasteiger charge is 2.24.